The fourth-order valence-corrected chi connectivity index (χ4v) is 2.71. The Morgan fingerprint density at radius 2 is 2.29 bits per heavy atom. The Morgan fingerprint density at radius 3 is 3.04 bits per heavy atom. The summed E-state index contributed by atoms with van der Waals surface area (Å²) in [5.74, 6) is 0.202. The van der Waals surface area contributed by atoms with Crippen LogP contribution in [0.3, 0.4) is 0 Å². The molecular weight excluding hydrogens is 310 g/mol. The van der Waals surface area contributed by atoms with E-state index in [0.717, 1.165) is 13.0 Å². The first kappa shape index (κ1) is 14.8. The third kappa shape index (κ3) is 2.76. The van der Waals surface area contributed by atoms with E-state index in [0.29, 0.717) is 41.4 Å². The van der Waals surface area contributed by atoms with Gasteiger partial charge in [-0.2, -0.15) is 9.97 Å². The van der Waals surface area contributed by atoms with Gasteiger partial charge in [0.05, 0.1) is 24.9 Å². The van der Waals surface area contributed by atoms with Crippen molar-refractivity contribution in [2.75, 3.05) is 19.8 Å². The Balaban J connectivity index is 1.71. The molecule has 0 aromatic carbocycles. The van der Waals surface area contributed by atoms with E-state index in [1.807, 2.05) is 17.8 Å². The zero-order valence-corrected chi connectivity index (χ0v) is 13.2. The zero-order chi connectivity index (χ0) is 16.5. The highest BCUT2D eigenvalue weighted by Crippen LogP contribution is 2.30. The molecular formula is C16H17N5O3. The van der Waals surface area contributed by atoms with Gasteiger partial charge < -0.3 is 19.1 Å². The van der Waals surface area contributed by atoms with Crippen LogP contribution in [0.25, 0.3) is 22.3 Å². The Hall–Kier alpha value is -2.74. The van der Waals surface area contributed by atoms with E-state index in [1.165, 1.54) is 0 Å². The fourth-order valence-electron chi connectivity index (χ4n) is 2.71. The number of nitrogens with zero attached hydrogens (tertiary/aromatic N) is 5. The van der Waals surface area contributed by atoms with Crippen molar-refractivity contribution in [2.45, 2.75) is 6.42 Å². The van der Waals surface area contributed by atoms with Crippen LogP contribution in [0.4, 0.5) is 0 Å². The first-order valence-corrected chi connectivity index (χ1v) is 7.75. The topological polar surface area (TPSA) is 95.2 Å². The van der Waals surface area contributed by atoms with Crippen LogP contribution in [-0.2, 0) is 11.8 Å². The lowest BCUT2D eigenvalue weighted by atomic mass is 10.1. The molecule has 0 radical (unpaired) electrons. The van der Waals surface area contributed by atoms with Gasteiger partial charge in [0.15, 0.2) is 0 Å². The van der Waals surface area contributed by atoms with E-state index in [2.05, 4.69) is 19.9 Å². The number of aromatic hydroxyl groups is 1. The first-order valence-electron chi connectivity index (χ1n) is 7.75. The molecule has 1 unspecified atom stereocenters. The summed E-state index contributed by atoms with van der Waals surface area (Å²) < 4.78 is 12.8. The van der Waals surface area contributed by atoms with Crippen molar-refractivity contribution < 1.29 is 14.6 Å². The molecule has 0 bridgehead atoms. The highest BCUT2D eigenvalue weighted by molar-refractivity contribution is 5.93. The number of aryl methyl sites for hydroxylation is 1. The van der Waals surface area contributed by atoms with Crippen LogP contribution < -0.4 is 4.74 Å². The molecule has 1 saturated heterocycles. The Morgan fingerprint density at radius 1 is 1.38 bits per heavy atom. The van der Waals surface area contributed by atoms with Gasteiger partial charge in [-0.15, -0.1) is 0 Å². The molecule has 0 saturated carbocycles. The minimum atomic E-state index is -0.128. The third-order valence-corrected chi connectivity index (χ3v) is 3.99. The minimum absolute atomic E-state index is 0.128. The molecule has 3 aromatic rings. The molecule has 4 rings (SSSR count). The number of hydrogen-bond acceptors (Lipinski definition) is 7. The SMILES string of the molecule is Cn1cnc(-c2nccc3c(O)nc(OCC4CCOC4)nc23)c1. The molecule has 1 atom stereocenters. The summed E-state index contributed by atoms with van der Waals surface area (Å²) in [5.41, 5.74) is 1.78. The lowest BCUT2D eigenvalue weighted by Crippen LogP contribution is -2.13. The predicted octanol–water partition coefficient (Wildman–Crippen LogP) is 1.55. The van der Waals surface area contributed by atoms with Gasteiger partial charge in [0.2, 0.25) is 5.88 Å². The summed E-state index contributed by atoms with van der Waals surface area (Å²) >= 11 is 0. The molecule has 0 spiro atoms. The number of ether oxygens (including phenoxy) is 2. The smallest absolute Gasteiger partial charge is 0.320 e. The molecule has 1 N–H and O–H groups in total. The average molecular weight is 327 g/mol. The van der Waals surface area contributed by atoms with E-state index in [1.54, 1.807) is 18.6 Å². The number of imidazole rings is 1. The van der Waals surface area contributed by atoms with Crippen molar-refractivity contribution in [3.8, 4) is 23.3 Å². The largest absolute Gasteiger partial charge is 0.493 e. The summed E-state index contributed by atoms with van der Waals surface area (Å²) in [6, 6.07) is 1.81. The van der Waals surface area contributed by atoms with Crippen LogP contribution in [-0.4, -0.2) is 49.4 Å². The Kier molecular flexibility index (Phi) is 3.73. The second-order valence-electron chi connectivity index (χ2n) is 5.85. The molecule has 0 aliphatic carbocycles. The normalized spacial score (nSPS) is 17.5. The summed E-state index contributed by atoms with van der Waals surface area (Å²) in [6.07, 6.45) is 6.10. The lowest BCUT2D eigenvalue weighted by Gasteiger charge is -2.10. The summed E-state index contributed by atoms with van der Waals surface area (Å²) in [7, 11) is 1.88. The quantitative estimate of drug-likeness (QED) is 0.776. The molecule has 24 heavy (non-hydrogen) atoms. The molecule has 1 fully saturated rings. The fraction of sp³-hybridized carbons (Fsp3) is 0.375. The second kappa shape index (κ2) is 6.04. The highest BCUT2D eigenvalue weighted by atomic mass is 16.5. The summed E-state index contributed by atoms with van der Waals surface area (Å²) in [5, 5.41) is 10.7. The van der Waals surface area contributed by atoms with Crippen molar-refractivity contribution >= 4 is 10.9 Å². The van der Waals surface area contributed by atoms with E-state index < -0.39 is 0 Å². The number of pyridine rings is 1. The predicted molar refractivity (Wildman–Crippen MR) is 85.6 cm³/mol. The van der Waals surface area contributed by atoms with Gasteiger partial charge in [0.25, 0.3) is 0 Å². The minimum Gasteiger partial charge on any atom is -0.493 e. The van der Waals surface area contributed by atoms with Gasteiger partial charge in [-0.05, 0) is 12.5 Å². The van der Waals surface area contributed by atoms with Crippen molar-refractivity contribution in [3.63, 3.8) is 0 Å². The molecule has 8 nitrogen and oxygen atoms in total. The van der Waals surface area contributed by atoms with Crippen LogP contribution in [0.1, 0.15) is 6.42 Å². The lowest BCUT2D eigenvalue weighted by molar-refractivity contribution is 0.163. The maximum atomic E-state index is 10.2. The molecule has 1 aliphatic heterocycles. The van der Waals surface area contributed by atoms with E-state index in [-0.39, 0.29) is 11.9 Å². The standard InChI is InChI=1S/C16H17N5O3/c1-21-6-12(18-9-21)14-13-11(2-4-17-14)15(22)20-16(19-13)24-8-10-3-5-23-7-10/h2,4,6,9-10H,3,5,7-8H2,1H3,(H,19,20,22). The van der Waals surface area contributed by atoms with Crippen LogP contribution in [0.15, 0.2) is 24.8 Å². The Bertz CT molecular complexity index is 873. The van der Waals surface area contributed by atoms with Gasteiger partial charge in [0.1, 0.15) is 16.9 Å². The second-order valence-corrected chi connectivity index (χ2v) is 5.85. The maximum Gasteiger partial charge on any atom is 0.320 e. The van der Waals surface area contributed by atoms with Gasteiger partial charge in [0, 0.05) is 32.0 Å². The van der Waals surface area contributed by atoms with Crippen LogP contribution in [0, 0.1) is 5.92 Å². The van der Waals surface area contributed by atoms with Crippen molar-refractivity contribution in [3.05, 3.63) is 24.8 Å². The molecule has 4 heterocycles. The molecule has 3 aromatic heterocycles. The summed E-state index contributed by atoms with van der Waals surface area (Å²) in [4.78, 5) is 17.1. The van der Waals surface area contributed by atoms with Gasteiger partial charge in [-0.25, -0.2) is 4.98 Å². The van der Waals surface area contributed by atoms with Gasteiger partial charge >= 0.3 is 6.01 Å². The monoisotopic (exact) mass is 327 g/mol. The summed E-state index contributed by atoms with van der Waals surface area (Å²) in [6.45, 7) is 1.90. The maximum absolute atomic E-state index is 10.2. The van der Waals surface area contributed by atoms with Gasteiger partial charge in [-0.3, -0.25) is 4.98 Å². The number of rotatable bonds is 4. The molecule has 124 valence electrons. The average Bonchev–Trinajstić information content (AvgIpc) is 3.24. The third-order valence-electron chi connectivity index (χ3n) is 3.99. The van der Waals surface area contributed by atoms with Gasteiger partial charge in [-0.1, -0.05) is 0 Å². The van der Waals surface area contributed by atoms with Crippen LogP contribution >= 0.6 is 0 Å². The highest BCUT2D eigenvalue weighted by Gasteiger charge is 2.19. The van der Waals surface area contributed by atoms with Crippen molar-refractivity contribution in [1.82, 2.24) is 24.5 Å². The Labute approximate surface area is 138 Å². The van der Waals surface area contributed by atoms with E-state index in [9.17, 15) is 5.11 Å². The molecule has 0 amide bonds. The van der Waals surface area contributed by atoms with E-state index >= 15 is 0 Å². The van der Waals surface area contributed by atoms with Crippen molar-refractivity contribution in [1.29, 1.82) is 0 Å². The van der Waals surface area contributed by atoms with Crippen LogP contribution in [0.2, 0.25) is 0 Å². The molecule has 1 aliphatic rings. The van der Waals surface area contributed by atoms with Crippen LogP contribution in [0.5, 0.6) is 11.9 Å². The molecule has 8 heteroatoms. The number of aromatic nitrogens is 5. The number of hydrogen-bond donors (Lipinski definition) is 1. The van der Waals surface area contributed by atoms with Crippen molar-refractivity contribution in [2.24, 2.45) is 13.0 Å². The number of fused-ring (bicyclic) bond motifs is 1. The zero-order valence-electron chi connectivity index (χ0n) is 13.2. The first-order chi connectivity index (χ1) is 11.7. The van der Waals surface area contributed by atoms with E-state index in [4.69, 9.17) is 9.47 Å².